The van der Waals surface area contributed by atoms with Crippen LogP contribution in [0.25, 0.3) is 0 Å². The normalized spacial score (nSPS) is 10.7. The van der Waals surface area contributed by atoms with Crippen molar-refractivity contribution in [2.24, 2.45) is 5.92 Å². The topological polar surface area (TPSA) is 30.5 Å². The van der Waals surface area contributed by atoms with Crippen molar-refractivity contribution >= 4 is 5.69 Å². The zero-order valence-electron chi connectivity index (χ0n) is 17.4. The molecule has 3 heteroatoms. The molecule has 0 atom stereocenters. The Bertz CT molecular complexity index is 844. The van der Waals surface area contributed by atoms with E-state index < -0.39 is 0 Å². The lowest BCUT2D eigenvalue weighted by atomic mass is 10.1. The van der Waals surface area contributed by atoms with Crippen molar-refractivity contribution in [3.63, 3.8) is 0 Å². The van der Waals surface area contributed by atoms with Crippen LogP contribution in [0.4, 0.5) is 5.69 Å². The van der Waals surface area contributed by atoms with E-state index in [1.807, 2.05) is 30.3 Å². The smallest absolute Gasteiger partial charge is 0.119 e. The number of aryl methyl sites for hydroxylation is 1. The minimum Gasteiger partial charge on any atom is -0.494 e. The Morgan fingerprint density at radius 3 is 2.28 bits per heavy atom. The molecule has 0 aliphatic rings. The summed E-state index contributed by atoms with van der Waals surface area (Å²) >= 11 is 0. The van der Waals surface area contributed by atoms with Gasteiger partial charge in [-0.15, -0.1) is 0 Å². The predicted molar refractivity (Wildman–Crippen MR) is 121 cm³/mol. The van der Waals surface area contributed by atoms with Gasteiger partial charge in [0.05, 0.1) is 13.2 Å². The summed E-state index contributed by atoms with van der Waals surface area (Å²) in [4.78, 5) is 0. The lowest BCUT2D eigenvalue weighted by Gasteiger charge is -2.11. The van der Waals surface area contributed by atoms with Crippen LogP contribution in [-0.4, -0.2) is 13.2 Å². The maximum atomic E-state index is 5.86. The van der Waals surface area contributed by atoms with Crippen molar-refractivity contribution in [2.45, 2.75) is 33.2 Å². The molecule has 0 fully saturated rings. The highest BCUT2D eigenvalue weighted by Gasteiger charge is 2.01. The first kappa shape index (κ1) is 20.8. The van der Waals surface area contributed by atoms with Crippen LogP contribution in [0.1, 0.15) is 31.4 Å². The van der Waals surface area contributed by atoms with Gasteiger partial charge in [-0.1, -0.05) is 56.3 Å². The van der Waals surface area contributed by atoms with E-state index in [2.05, 4.69) is 67.7 Å². The molecule has 0 radical (unpaired) electrons. The Balaban J connectivity index is 1.40. The second-order valence-corrected chi connectivity index (χ2v) is 7.67. The van der Waals surface area contributed by atoms with Crippen LogP contribution >= 0.6 is 0 Å². The summed E-state index contributed by atoms with van der Waals surface area (Å²) < 4.78 is 11.7. The van der Waals surface area contributed by atoms with Gasteiger partial charge in [-0.25, -0.2) is 0 Å². The molecule has 0 heterocycles. The van der Waals surface area contributed by atoms with Gasteiger partial charge in [0.15, 0.2) is 0 Å². The van der Waals surface area contributed by atoms with E-state index in [4.69, 9.17) is 9.47 Å². The molecule has 0 aliphatic carbocycles. The lowest BCUT2D eigenvalue weighted by Crippen LogP contribution is -2.05. The zero-order valence-corrected chi connectivity index (χ0v) is 17.4. The summed E-state index contributed by atoms with van der Waals surface area (Å²) in [5, 5.41) is 3.46. The third-order valence-electron chi connectivity index (χ3n) is 4.55. The van der Waals surface area contributed by atoms with Gasteiger partial charge in [0.25, 0.3) is 0 Å². The van der Waals surface area contributed by atoms with Crippen LogP contribution < -0.4 is 14.8 Å². The molecule has 1 N–H and O–H groups in total. The third kappa shape index (κ3) is 7.53. The number of hydrogen-bond donors (Lipinski definition) is 1. The van der Waals surface area contributed by atoms with Gasteiger partial charge in [-0.3, -0.25) is 0 Å². The number of nitrogens with one attached hydrogen (secondary N) is 1. The molecule has 152 valence electrons. The molecule has 0 aliphatic heterocycles. The Labute approximate surface area is 174 Å². The molecule has 0 saturated heterocycles. The molecule has 0 amide bonds. The highest BCUT2D eigenvalue weighted by molar-refractivity contribution is 5.47. The van der Waals surface area contributed by atoms with E-state index in [-0.39, 0.29) is 0 Å². The van der Waals surface area contributed by atoms with Gasteiger partial charge >= 0.3 is 0 Å². The number of ether oxygens (including phenoxy) is 2. The van der Waals surface area contributed by atoms with Crippen LogP contribution in [0.2, 0.25) is 0 Å². The summed E-state index contributed by atoms with van der Waals surface area (Å²) in [5.41, 5.74) is 3.64. The van der Waals surface area contributed by atoms with Crippen molar-refractivity contribution in [1.29, 1.82) is 0 Å². The minimum atomic E-state index is 0.524. The van der Waals surface area contributed by atoms with E-state index >= 15 is 0 Å². The van der Waals surface area contributed by atoms with Crippen LogP contribution in [0.3, 0.4) is 0 Å². The molecule has 0 spiro atoms. The molecule has 0 bridgehead atoms. The van der Waals surface area contributed by atoms with E-state index in [9.17, 15) is 0 Å². The number of hydrogen-bond acceptors (Lipinski definition) is 3. The lowest BCUT2D eigenvalue weighted by molar-refractivity contribution is 0.271. The number of benzene rings is 3. The molecule has 3 aromatic rings. The second kappa shape index (κ2) is 11.2. The Hall–Kier alpha value is -2.94. The van der Waals surface area contributed by atoms with E-state index in [0.29, 0.717) is 5.92 Å². The van der Waals surface area contributed by atoms with Crippen molar-refractivity contribution in [3.05, 3.63) is 90.0 Å². The van der Waals surface area contributed by atoms with Gasteiger partial charge in [0, 0.05) is 12.2 Å². The minimum absolute atomic E-state index is 0.524. The SMILES string of the molecule is CC(C)COc1cccc(CNc2ccc(OCCCc3ccccc3)cc2)c1. The standard InChI is InChI=1S/C26H31NO2/c1-21(2)20-29-26-12-6-10-23(18-26)19-27-24-13-15-25(16-14-24)28-17-7-11-22-8-4-3-5-9-22/h3-6,8-10,12-16,18,21,27H,7,11,17,19-20H2,1-2H3. The fourth-order valence-electron chi connectivity index (χ4n) is 2.99. The quantitative estimate of drug-likeness (QED) is 0.388. The fraction of sp³-hybridized carbons (Fsp3) is 0.308. The van der Waals surface area contributed by atoms with Crippen LogP contribution in [-0.2, 0) is 13.0 Å². The largest absolute Gasteiger partial charge is 0.494 e. The summed E-state index contributed by atoms with van der Waals surface area (Å²) in [5.74, 6) is 2.36. The predicted octanol–water partition coefficient (Wildman–Crippen LogP) is 6.35. The average Bonchev–Trinajstić information content (AvgIpc) is 2.76. The summed E-state index contributed by atoms with van der Waals surface area (Å²) in [6, 6.07) is 26.9. The average molecular weight is 390 g/mol. The molecule has 29 heavy (non-hydrogen) atoms. The molecule has 0 aromatic heterocycles. The Morgan fingerprint density at radius 1 is 0.759 bits per heavy atom. The van der Waals surface area contributed by atoms with Crippen molar-refractivity contribution in [3.8, 4) is 11.5 Å². The van der Waals surface area contributed by atoms with Gasteiger partial charge in [-0.2, -0.15) is 0 Å². The monoisotopic (exact) mass is 389 g/mol. The molecule has 3 aromatic carbocycles. The van der Waals surface area contributed by atoms with Crippen LogP contribution in [0, 0.1) is 5.92 Å². The number of anilines is 1. The van der Waals surface area contributed by atoms with E-state index in [1.54, 1.807) is 0 Å². The highest BCUT2D eigenvalue weighted by atomic mass is 16.5. The first-order valence-electron chi connectivity index (χ1n) is 10.4. The van der Waals surface area contributed by atoms with Gasteiger partial charge < -0.3 is 14.8 Å². The third-order valence-corrected chi connectivity index (χ3v) is 4.55. The molecule has 0 unspecified atom stereocenters. The van der Waals surface area contributed by atoms with E-state index in [1.165, 1.54) is 11.1 Å². The highest BCUT2D eigenvalue weighted by Crippen LogP contribution is 2.19. The first-order chi connectivity index (χ1) is 14.2. The fourth-order valence-corrected chi connectivity index (χ4v) is 2.99. The van der Waals surface area contributed by atoms with Crippen LogP contribution in [0.5, 0.6) is 11.5 Å². The molecule has 3 rings (SSSR count). The van der Waals surface area contributed by atoms with E-state index in [0.717, 1.165) is 49.8 Å². The molecular weight excluding hydrogens is 358 g/mol. The second-order valence-electron chi connectivity index (χ2n) is 7.67. The molecule has 3 nitrogen and oxygen atoms in total. The zero-order chi connectivity index (χ0) is 20.3. The van der Waals surface area contributed by atoms with Crippen molar-refractivity contribution < 1.29 is 9.47 Å². The summed E-state index contributed by atoms with van der Waals surface area (Å²) in [6.07, 6.45) is 2.06. The van der Waals surface area contributed by atoms with Crippen molar-refractivity contribution in [2.75, 3.05) is 18.5 Å². The van der Waals surface area contributed by atoms with Gasteiger partial charge in [0.2, 0.25) is 0 Å². The van der Waals surface area contributed by atoms with Crippen LogP contribution in [0.15, 0.2) is 78.9 Å². The Kier molecular flexibility index (Phi) is 8.00. The maximum absolute atomic E-state index is 5.86. The molecule has 0 saturated carbocycles. The Morgan fingerprint density at radius 2 is 1.52 bits per heavy atom. The summed E-state index contributed by atoms with van der Waals surface area (Å²) in [6.45, 7) is 6.54. The molecular formula is C26H31NO2. The van der Waals surface area contributed by atoms with Gasteiger partial charge in [0.1, 0.15) is 11.5 Å². The summed E-state index contributed by atoms with van der Waals surface area (Å²) in [7, 11) is 0. The number of rotatable bonds is 11. The first-order valence-corrected chi connectivity index (χ1v) is 10.4. The van der Waals surface area contributed by atoms with Gasteiger partial charge in [-0.05, 0) is 66.3 Å². The van der Waals surface area contributed by atoms with Crippen molar-refractivity contribution in [1.82, 2.24) is 0 Å². The maximum Gasteiger partial charge on any atom is 0.119 e.